The lowest BCUT2D eigenvalue weighted by Crippen LogP contribution is -2.35. The summed E-state index contributed by atoms with van der Waals surface area (Å²) in [6.07, 6.45) is 0.813. The number of rotatable bonds is 1. The molecule has 1 saturated heterocycles. The third-order valence-corrected chi connectivity index (χ3v) is 1.95. The molecule has 1 heterocycles. The summed E-state index contributed by atoms with van der Waals surface area (Å²) in [4.78, 5) is 0. The highest BCUT2D eigenvalue weighted by molar-refractivity contribution is 5.85. The van der Waals surface area contributed by atoms with Crippen LogP contribution in [0, 0.1) is 5.92 Å². The van der Waals surface area contributed by atoms with Crippen LogP contribution in [0.15, 0.2) is 0 Å². The minimum atomic E-state index is -0.106. The molecule has 3 heteroatoms. The molecule has 0 amide bonds. The molecular weight excluding hydrogens is 150 g/mol. The van der Waals surface area contributed by atoms with Crippen molar-refractivity contribution in [1.82, 2.24) is 5.32 Å². The van der Waals surface area contributed by atoms with Gasteiger partial charge in [0.15, 0.2) is 0 Å². The maximum Gasteiger partial charge on any atom is 0.0707 e. The second-order valence-corrected chi connectivity index (χ2v) is 3.08. The minimum Gasteiger partial charge on any atom is -0.391 e. The zero-order valence-electron chi connectivity index (χ0n) is 6.50. The highest BCUT2D eigenvalue weighted by atomic mass is 35.5. The molecule has 2 atom stereocenters. The van der Waals surface area contributed by atoms with Crippen LogP contribution in [0.5, 0.6) is 0 Å². The first kappa shape index (κ1) is 10.2. The molecule has 0 aliphatic carbocycles. The summed E-state index contributed by atoms with van der Waals surface area (Å²) in [5, 5.41) is 12.6. The molecule has 1 rings (SSSR count). The van der Waals surface area contributed by atoms with Gasteiger partial charge in [-0.1, -0.05) is 13.8 Å². The Bertz CT molecular complexity index is 97.6. The number of hydrogen-bond acceptors (Lipinski definition) is 2. The van der Waals surface area contributed by atoms with Crippen LogP contribution in [0.25, 0.3) is 0 Å². The molecule has 62 valence electrons. The fraction of sp³-hybridized carbons (Fsp3) is 1.00. The molecule has 1 fully saturated rings. The van der Waals surface area contributed by atoms with Crippen LogP contribution in [-0.4, -0.2) is 23.8 Å². The van der Waals surface area contributed by atoms with E-state index in [2.05, 4.69) is 19.2 Å². The molecule has 0 aromatic rings. The van der Waals surface area contributed by atoms with Crippen molar-refractivity contribution in [2.45, 2.75) is 32.4 Å². The van der Waals surface area contributed by atoms with Crippen molar-refractivity contribution in [2.24, 2.45) is 5.92 Å². The molecule has 1 aliphatic heterocycles. The van der Waals surface area contributed by atoms with Crippen LogP contribution in [0.2, 0.25) is 0 Å². The second-order valence-electron chi connectivity index (χ2n) is 3.08. The Labute approximate surface area is 68.4 Å². The first-order valence-electron chi connectivity index (χ1n) is 3.63. The summed E-state index contributed by atoms with van der Waals surface area (Å²) in [7, 11) is 0. The molecule has 2 unspecified atom stereocenters. The highest BCUT2D eigenvalue weighted by Gasteiger charge is 2.26. The lowest BCUT2D eigenvalue weighted by Gasteiger charge is -2.17. The van der Waals surface area contributed by atoms with E-state index in [0.717, 1.165) is 13.0 Å². The normalized spacial score (nSPS) is 32.4. The van der Waals surface area contributed by atoms with E-state index in [1.165, 1.54) is 0 Å². The van der Waals surface area contributed by atoms with E-state index in [1.54, 1.807) is 0 Å². The van der Waals surface area contributed by atoms with Gasteiger partial charge in [-0.3, -0.25) is 0 Å². The molecule has 1 aliphatic rings. The monoisotopic (exact) mass is 165 g/mol. The molecule has 0 aromatic heterocycles. The lowest BCUT2D eigenvalue weighted by atomic mass is 10.0. The molecule has 0 spiro atoms. The van der Waals surface area contributed by atoms with Crippen LogP contribution in [0.3, 0.4) is 0 Å². The van der Waals surface area contributed by atoms with Gasteiger partial charge in [-0.15, -0.1) is 12.4 Å². The van der Waals surface area contributed by atoms with Gasteiger partial charge >= 0.3 is 0 Å². The predicted molar refractivity (Wildman–Crippen MR) is 44.5 cm³/mol. The van der Waals surface area contributed by atoms with E-state index < -0.39 is 0 Å². The van der Waals surface area contributed by atoms with Crippen molar-refractivity contribution in [3.8, 4) is 0 Å². The second kappa shape index (κ2) is 4.16. The van der Waals surface area contributed by atoms with Gasteiger partial charge in [0.1, 0.15) is 0 Å². The predicted octanol–water partition coefficient (Wildman–Crippen LogP) is 0.787. The van der Waals surface area contributed by atoms with E-state index in [1.807, 2.05) is 0 Å². The molecule has 0 aromatic carbocycles. The number of halogens is 1. The zero-order chi connectivity index (χ0) is 6.85. The SMILES string of the molecule is CC(C)C1NCCC1O.Cl. The van der Waals surface area contributed by atoms with Crippen molar-refractivity contribution in [3.05, 3.63) is 0 Å². The van der Waals surface area contributed by atoms with Crippen molar-refractivity contribution in [2.75, 3.05) is 6.54 Å². The highest BCUT2D eigenvalue weighted by Crippen LogP contribution is 2.13. The maximum atomic E-state index is 9.30. The first-order chi connectivity index (χ1) is 4.22. The summed E-state index contributed by atoms with van der Waals surface area (Å²) < 4.78 is 0. The molecule has 0 saturated carbocycles. The summed E-state index contributed by atoms with van der Waals surface area (Å²) in [5.74, 6) is 0.558. The Morgan fingerprint density at radius 3 is 2.30 bits per heavy atom. The number of nitrogens with one attached hydrogen (secondary N) is 1. The van der Waals surface area contributed by atoms with Crippen LogP contribution in [0.4, 0.5) is 0 Å². The van der Waals surface area contributed by atoms with Crippen molar-refractivity contribution in [1.29, 1.82) is 0 Å². The number of hydrogen-bond donors (Lipinski definition) is 2. The van der Waals surface area contributed by atoms with E-state index >= 15 is 0 Å². The number of aliphatic hydroxyl groups excluding tert-OH is 1. The van der Waals surface area contributed by atoms with Gasteiger partial charge in [-0.05, 0) is 18.9 Å². The summed E-state index contributed by atoms with van der Waals surface area (Å²) in [6, 6.07) is 0.338. The standard InChI is InChI=1S/C7H15NO.ClH/c1-5(2)7-6(9)3-4-8-7;/h5-9H,3-4H2,1-2H3;1H. The van der Waals surface area contributed by atoms with Crippen molar-refractivity contribution in [3.63, 3.8) is 0 Å². The Hall–Kier alpha value is 0.210. The smallest absolute Gasteiger partial charge is 0.0707 e. The topological polar surface area (TPSA) is 32.3 Å². The molecular formula is C7H16ClNO. The Morgan fingerprint density at radius 2 is 2.10 bits per heavy atom. The minimum absolute atomic E-state index is 0. The molecule has 0 radical (unpaired) electrons. The van der Waals surface area contributed by atoms with E-state index in [4.69, 9.17) is 0 Å². The lowest BCUT2D eigenvalue weighted by molar-refractivity contribution is 0.139. The van der Waals surface area contributed by atoms with Gasteiger partial charge in [-0.2, -0.15) is 0 Å². The molecule has 0 bridgehead atoms. The van der Waals surface area contributed by atoms with Crippen LogP contribution in [-0.2, 0) is 0 Å². The summed E-state index contributed by atoms with van der Waals surface area (Å²) >= 11 is 0. The summed E-state index contributed by atoms with van der Waals surface area (Å²) in [5.41, 5.74) is 0. The van der Waals surface area contributed by atoms with E-state index in [9.17, 15) is 5.11 Å². The van der Waals surface area contributed by atoms with Crippen LogP contribution < -0.4 is 5.32 Å². The van der Waals surface area contributed by atoms with Crippen LogP contribution in [0.1, 0.15) is 20.3 Å². The molecule has 10 heavy (non-hydrogen) atoms. The first-order valence-corrected chi connectivity index (χ1v) is 3.63. The maximum absolute atomic E-state index is 9.30. The molecule has 2 N–H and O–H groups in total. The number of aliphatic hydroxyl groups is 1. The fourth-order valence-electron chi connectivity index (χ4n) is 1.39. The third-order valence-electron chi connectivity index (χ3n) is 1.95. The van der Waals surface area contributed by atoms with Gasteiger partial charge < -0.3 is 10.4 Å². The quantitative estimate of drug-likeness (QED) is 0.602. The Morgan fingerprint density at radius 1 is 1.50 bits per heavy atom. The van der Waals surface area contributed by atoms with Gasteiger partial charge in [0.25, 0.3) is 0 Å². The summed E-state index contributed by atoms with van der Waals surface area (Å²) in [6.45, 7) is 5.24. The van der Waals surface area contributed by atoms with Gasteiger partial charge in [0.05, 0.1) is 6.10 Å². The van der Waals surface area contributed by atoms with Crippen molar-refractivity contribution < 1.29 is 5.11 Å². The van der Waals surface area contributed by atoms with E-state index in [0.29, 0.717) is 12.0 Å². The van der Waals surface area contributed by atoms with Crippen LogP contribution >= 0.6 is 12.4 Å². The Balaban J connectivity index is 0.000000810. The Kier molecular flexibility index (Phi) is 4.25. The van der Waals surface area contributed by atoms with Gasteiger partial charge in [-0.25, -0.2) is 0 Å². The molecule has 2 nitrogen and oxygen atoms in total. The van der Waals surface area contributed by atoms with E-state index in [-0.39, 0.29) is 18.5 Å². The average molecular weight is 166 g/mol. The zero-order valence-corrected chi connectivity index (χ0v) is 7.32. The fourth-order valence-corrected chi connectivity index (χ4v) is 1.39. The average Bonchev–Trinajstić information content (AvgIpc) is 2.13. The van der Waals surface area contributed by atoms with Gasteiger partial charge in [0.2, 0.25) is 0 Å². The largest absolute Gasteiger partial charge is 0.391 e. The third kappa shape index (κ3) is 2.11. The van der Waals surface area contributed by atoms with Crippen molar-refractivity contribution >= 4 is 12.4 Å². The van der Waals surface area contributed by atoms with Gasteiger partial charge in [0, 0.05) is 6.04 Å².